The molecule has 1 aliphatic heterocycles. The van der Waals surface area contributed by atoms with Crippen LogP contribution in [0.5, 0.6) is 23.0 Å². The maximum absolute atomic E-state index is 12.4. The largest absolute Gasteiger partial charge is 0.493 e. The summed E-state index contributed by atoms with van der Waals surface area (Å²) in [4.78, 5) is 24.8. The average Bonchev–Trinajstić information content (AvgIpc) is 3.03. The summed E-state index contributed by atoms with van der Waals surface area (Å²) in [7, 11) is 1.55. The lowest BCUT2D eigenvalue weighted by Crippen LogP contribution is -2.16. The third kappa shape index (κ3) is 3.58. The summed E-state index contributed by atoms with van der Waals surface area (Å²) in [6, 6.07) is 7.09. The fraction of sp³-hybridized carbons (Fsp3) is 0.304. The lowest BCUT2D eigenvalue weighted by molar-refractivity contribution is -0.128. The van der Waals surface area contributed by atoms with Crippen LogP contribution in [0.2, 0.25) is 0 Å². The van der Waals surface area contributed by atoms with Gasteiger partial charge in [0, 0.05) is 12.5 Å². The molecule has 2 aromatic rings. The number of esters is 1. The molecule has 0 N–H and O–H groups in total. The van der Waals surface area contributed by atoms with E-state index in [-0.39, 0.29) is 11.7 Å². The van der Waals surface area contributed by atoms with Gasteiger partial charge in [-0.3, -0.25) is 4.79 Å². The number of benzene rings is 2. The van der Waals surface area contributed by atoms with Crippen LogP contribution in [0.25, 0.3) is 6.08 Å². The zero-order chi connectivity index (χ0) is 20.5. The Morgan fingerprint density at radius 2 is 1.97 bits per heavy atom. The zero-order valence-electron chi connectivity index (χ0n) is 16.6. The van der Waals surface area contributed by atoms with Crippen molar-refractivity contribution in [2.24, 2.45) is 0 Å². The van der Waals surface area contributed by atoms with Crippen LogP contribution >= 0.6 is 0 Å². The van der Waals surface area contributed by atoms with E-state index in [4.69, 9.17) is 18.9 Å². The molecule has 0 amide bonds. The minimum absolute atomic E-state index is 0.0135. The van der Waals surface area contributed by atoms with E-state index in [2.05, 4.69) is 0 Å². The van der Waals surface area contributed by atoms with Gasteiger partial charge in [0.05, 0.1) is 12.7 Å². The molecule has 4 rings (SSSR count). The Labute approximate surface area is 169 Å². The Hall–Kier alpha value is -3.28. The van der Waals surface area contributed by atoms with Gasteiger partial charge in [-0.1, -0.05) is 13.0 Å². The Balaban J connectivity index is 1.56. The van der Waals surface area contributed by atoms with Gasteiger partial charge in [0.2, 0.25) is 5.75 Å². The number of carbonyl (C=O) groups excluding carboxylic acids is 2. The van der Waals surface area contributed by atoms with Crippen molar-refractivity contribution in [1.29, 1.82) is 0 Å². The molecule has 1 heterocycles. The maximum Gasteiger partial charge on any atom is 0.336 e. The van der Waals surface area contributed by atoms with Crippen LogP contribution in [0.15, 0.2) is 30.3 Å². The number of rotatable bonds is 4. The predicted molar refractivity (Wildman–Crippen MR) is 107 cm³/mol. The Morgan fingerprint density at radius 3 is 2.76 bits per heavy atom. The normalized spacial score (nSPS) is 17.3. The molecule has 0 saturated heterocycles. The van der Waals surface area contributed by atoms with Crippen molar-refractivity contribution >= 4 is 17.8 Å². The summed E-state index contributed by atoms with van der Waals surface area (Å²) in [6.07, 6.45) is 3.37. The van der Waals surface area contributed by atoms with Gasteiger partial charge in [-0.25, -0.2) is 4.79 Å². The molecular formula is C23H22O6. The topological polar surface area (TPSA) is 71.1 Å². The highest BCUT2D eigenvalue weighted by atomic mass is 16.6. The minimum atomic E-state index is -0.558. The van der Waals surface area contributed by atoms with Crippen LogP contribution in [-0.4, -0.2) is 32.1 Å². The highest BCUT2D eigenvalue weighted by Gasteiger charge is 2.31. The molecule has 2 aliphatic rings. The van der Waals surface area contributed by atoms with Gasteiger partial charge in [-0.2, -0.15) is 0 Å². The number of methoxy groups -OCH3 is 1. The Kier molecular flexibility index (Phi) is 5.01. The van der Waals surface area contributed by atoms with Crippen molar-refractivity contribution in [3.63, 3.8) is 0 Å². The smallest absolute Gasteiger partial charge is 0.336 e. The maximum atomic E-state index is 12.4. The van der Waals surface area contributed by atoms with E-state index in [1.165, 1.54) is 6.08 Å². The number of hydrogen-bond donors (Lipinski definition) is 0. The molecule has 1 atom stereocenters. The van der Waals surface area contributed by atoms with Gasteiger partial charge in [0.15, 0.2) is 17.3 Å². The number of aryl methyl sites for hydroxylation is 1. The van der Waals surface area contributed by atoms with Crippen molar-refractivity contribution in [3.05, 3.63) is 52.6 Å². The Morgan fingerprint density at radius 1 is 1.17 bits per heavy atom. The summed E-state index contributed by atoms with van der Waals surface area (Å²) in [5.41, 5.74) is 3.25. The second-order valence-electron chi connectivity index (χ2n) is 7.20. The van der Waals surface area contributed by atoms with Crippen LogP contribution in [0.1, 0.15) is 46.3 Å². The first-order chi connectivity index (χ1) is 14.0. The van der Waals surface area contributed by atoms with Crippen molar-refractivity contribution < 1.29 is 28.5 Å². The highest BCUT2D eigenvalue weighted by molar-refractivity contribution is 6.05. The molecule has 6 heteroatoms. The molecule has 0 saturated carbocycles. The molecule has 0 bridgehead atoms. The molecule has 0 radical (unpaired) electrons. The standard InChI is InChI=1S/C23H22O6/c1-13-4-6-17(22-16(24)10-14(2)21(13)22)29-20(25)7-5-15-11-18(26-3)23-19(12-15)27-8-9-28-23/h4-7,11-12,14H,8-10H2,1-3H3/b7-5+. The molecule has 2 aromatic carbocycles. The quantitative estimate of drug-likeness (QED) is 0.442. The summed E-state index contributed by atoms with van der Waals surface area (Å²) >= 11 is 0. The van der Waals surface area contributed by atoms with E-state index in [1.54, 1.807) is 31.4 Å². The molecule has 29 heavy (non-hydrogen) atoms. The first-order valence-electron chi connectivity index (χ1n) is 9.52. The van der Waals surface area contributed by atoms with Gasteiger partial charge >= 0.3 is 5.97 Å². The molecule has 1 aliphatic carbocycles. The monoisotopic (exact) mass is 394 g/mol. The molecule has 6 nitrogen and oxygen atoms in total. The van der Waals surface area contributed by atoms with Gasteiger partial charge < -0.3 is 18.9 Å². The SMILES string of the molecule is COc1cc(/C=C/C(=O)Oc2ccc(C)c3c2C(=O)CC3C)cc2c1OCCO2. The third-order valence-corrected chi connectivity index (χ3v) is 5.16. The number of fused-ring (bicyclic) bond motifs is 2. The van der Waals surface area contributed by atoms with Gasteiger partial charge in [0.25, 0.3) is 0 Å². The first kappa shape index (κ1) is 19.1. The molecule has 1 unspecified atom stereocenters. The molecule has 0 spiro atoms. The Bertz CT molecular complexity index is 1000. The lowest BCUT2D eigenvalue weighted by atomic mass is 9.97. The summed E-state index contributed by atoms with van der Waals surface area (Å²) < 4.78 is 22.0. The van der Waals surface area contributed by atoms with Crippen molar-refractivity contribution in [1.82, 2.24) is 0 Å². The summed E-state index contributed by atoms with van der Waals surface area (Å²) in [5.74, 6) is 1.56. The molecular weight excluding hydrogens is 372 g/mol. The van der Waals surface area contributed by atoms with Crippen LogP contribution in [0.4, 0.5) is 0 Å². The van der Waals surface area contributed by atoms with Crippen molar-refractivity contribution in [3.8, 4) is 23.0 Å². The van der Waals surface area contributed by atoms with E-state index in [1.807, 2.05) is 19.9 Å². The fourth-order valence-electron chi connectivity index (χ4n) is 3.89. The van der Waals surface area contributed by atoms with Gasteiger partial charge in [-0.05, 0) is 53.8 Å². The third-order valence-electron chi connectivity index (χ3n) is 5.16. The predicted octanol–water partition coefficient (Wildman–Crippen LogP) is 4.08. The lowest BCUT2D eigenvalue weighted by Gasteiger charge is -2.20. The molecule has 0 fully saturated rings. The van der Waals surface area contributed by atoms with E-state index < -0.39 is 5.97 Å². The van der Waals surface area contributed by atoms with E-state index in [0.29, 0.717) is 53.8 Å². The van der Waals surface area contributed by atoms with E-state index in [9.17, 15) is 9.59 Å². The summed E-state index contributed by atoms with van der Waals surface area (Å²) in [5, 5.41) is 0. The number of ether oxygens (including phenoxy) is 4. The number of carbonyl (C=O) groups is 2. The molecule has 150 valence electrons. The minimum Gasteiger partial charge on any atom is -0.493 e. The van der Waals surface area contributed by atoms with Crippen LogP contribution in [0, 0.1) is 6.92 Å². The van der Waals surface area contributed by atoms with Crippen molar-refractivity contribution in [2.75, 3.05) is 20.3 Å². The second kappa shape index (κ2) is 7.62. The van der Waals surface area contributed by atoms with Crippen LogP contribution in [0.3, 0.4) is 0 Å². The van der Waals surface area contributed by atoms with Crippen LogP contribution in [-0.2, 0) is 4.79 Å². The van der Waals surface area contributed by atoms with Gasteiger partial charge in [0.1, 0.15) is 19.0 Å². The summed E-state index contributed by atoms with van der Waals surface area (Å²) in [6.45, 7) is 4.89. The number of ketones is 1. The number of Topliss-reactive ketones (excluding diaryl/α,β-unsaturated/α-hetero) is 1. The highest BCUT2D eigenvalue weighted by Crippen LogP contribution is 2.41. The van der Waals surface area contributed by atoms with Crippen molar-refractivity contribution in [2.45, 2.75) is 26.2 Å². The van der Waals surface area contributed by atoms with Crippen LogP contribution < -0.4 is 18.9 Å². The zero-order valence-corrected chi connectivity index (χ0v) is 16.6. The number of hydrogen-bond acceptors (Lipinski definition) is 6. The molecule has 0 aromatic heterocycles. The average molecular weight is 394 g/mol. The van der Waals surface area contributed by atoms with Gasteiger partial charge in [-0.15, -0.1) is 0 Å². The fourth-order valence-corrected chi connectivity index (χ4v) is 3.89. The van der Waals surface area contributed by atoms with E-state index in [0.717, 1.165) is 11.1 Å². The first-order valence-corrected chi connectivity index (χ1v) is 9.52. The van der Waals surface area contributed by atoms with E-state index >= 15 is 0 Å². The second-order valence-corrected chi connectivity index (χ2v) is 7.20.